The third-order valence-corrected chi connectivity index (χ3v) is 2.00. The molecule has 0 saturated carbocycles. The van der Waals surface area contributed by atoms with Gasteiger partial charge in [-0.2, -0.15) is 18.2 Å². The second-order valence-corrected chi connectivity index (χ2v) is 3.14. The number of nitrogens with zero attached hydrogens (tertiary/aromatic N) is 2. The number of halogens is 3. The maximum atomic E-state index is 13.1. The Morgan fingerprint density at radius 1 is 1.20 bits per heavy atom. The van der Waals surface area contributed by atoms with Gasteiger partial charge in [0, 0.05) is 0 Å². The summed E-state index contributed by atoms with van der Waals surface area (Å²) in [5, 5.41) is 0. The lowest BCUT2D eigenvalue weighted by Crippen LogP contribution is -2.01. The van der Waals surface area contributed by atoms with Gasteiger partial charge in [-0.1, -0.05) is 12.1 Å². The molecule has 5 heteroatoms. The van der Waals surface area contributed by atoms with E-state index in [1.165, 1.54) is 12.1 Å². The van der Waals surface area contributed by atoms with Gasteiger partial charge >= 0.3 is 0 Å². The van der Waals surface area contributed by atoms with Crippen molar-refractivity contribution < 1.29 is 13.2 Å². The minimum atomic E-state index is -1.44. The molecule has 0 fully saturated rings. The van der Waals surface area contributed by atoms with Crippen LogP contribution in [-0.4, -0.2) is 9.55 Å². The molecule has 0 saturated heterocycles. The van der Waals surface area contributed by atoms with E-state index in [1.807, 2.05) is 0 Å². The number of aromatic nitrogens is 2. The number of imidazole rings is 1. The minimum Gasteiger partial charge on any atom is -0.242 e. The van der Waals surface area contributed by atoms with E-state index in [0.29, 0.717) is 4.57 Å². The van der Waals surface area contributed by atoms with Gasteiger partial charge in [0.2, 0.25) is 0 Å². The first-order valence-corrected chi connectivity index (χ1v) is 4.26. The first-order chi connectivity index (χ1) is 7.09. The van der Waals surface area contributed by atoms with Crippen molar-refractivity contribution in [3.8, 4) is 5.69 Å². The van der Waals surface area contributed by atoms with Gasteiger partial charge in [-0.15, -0.1) is 0 Å². The van der Waals surface area contributed by atoms with Crippen LogP contribution in [0.5, 0.6) is 0 Å². The fraction of sp³-hybridized carbons (Fsp3) is 0.100. The normalized spacial score (nSPS) is 10.7. The first-order valence-electron chi connectivity index (χ1n) is 4.26. The van der Waals surface area contributed by atoms with Crippen LogP contribution in [0, 0.1) is 24.9 Å². The highest BCUT2D eigenvalue weighted by Gasteiger charge is 2.18. The molecule has 0 N–H and O–H groups in total. The monoisotopic (exact) mass is 212 g/mol. The van der Waals surface area contributed by atoms with Gasteiger partial charge in [-0.3, -0.25) is 0 Å². The number of aryl methyl sites for hydroxylation is 1. The van der Waals surface area contributed by atoms with E-state index >= 15 is 0 Å². The van der Waals surface area contributed by atoms with Gasteiger partial charge in [0.1, 0.15) is 0 Å². The average Bonchev–Trinajstić information content (AvgIpc) is 2.41. The standard InChI is InChI=1S/C10H7F3N2/c1-6-3-2-4-7(5-6)15-9(12)8(11)14-10(15)13/h2-5H,1H3. The Balaban J connectivity index is 2.63. The molecule has 0 amide bonds. The first kappa shape index (κ1) is 9.76. The van der Waals surface area contributed by atoms with Gasteiger partial charge < -0.3 is 0 Å². The predicted octanol–water partition coefficient (Wildman–Crippen LogP) is 2.60. The van der Waals surface area contributed by atoms with Crippen molar-refractivity contribution in [3.63, 3.8) is 0 Å². The van der Waals surface area contributed by atoms with Crippen LogP contribution in [0.2, 0.25) is 0 Å². The number of hydrogen-bond acceptors (Lipinski definition) is 1. The minimum absolute atomic E-state index is 0.210. The summed E-state index contributed by atoms with van der Waals surface area (Å²) in [6, 6.07) is 6.40. The third-order valence-electron chi connectivity index (χ3n) is 2.00. The Morgan fingerprint density at radius 3 is 2.47 bits per heavy atom. The Kier molecular flexibility index (Phi) is 2.22. The summed E-state index contributed by atoms with van der Waals surface area (Å²) in [7, 11) is 0. The second kappa shape index (κ2) is 3.42. The Labute approximate surface area is 84.0 Å². The zero-order valence-corrected chi connectivity index (χ0v) is 7.84. The van der Waals surface area contributed by atoms with Crippen LogP contribution >= 0.6 is 0 Å². The molecule has 2 nitrogen and oxygen atoms in total. The van der Waals surface area contributed by atoms with Crippen LogP contribution in [0.4, 0.5) is 13.2 Å². The zero-order chi connectivity index (χ0) is 11.0. The molecule has 0 aliphatic carbocycles. The number of benzene rings is 1. The van der Waals surface area contributed by atoms with Gasteiger partial charge in [0.05, 0.1) is 5.69 Å². The molecule has 1 aromatic carbocycles. The molecule has 0 spiro atoms. The molecule has 78 valence electrons. The largest absolute Gasteiger partial charge is 0.298 e. The third kappa shape index (κ3) is 1.60. The summed E-state index contributed by atoms with van der Waals surface area (Å²) in [4.78, 5) is 2.77. The van der Waals surface area contributed by atoms with E-state index in [9.17, 15) is 13.2 Å². The SMILES string of the molecule is Cc1cccc(-n2c(F)nc(F)c2F)c1. The Bertz CT molecular complexity index is 505. The summed E-state index contributed by atoms with van der Waals surface area (Å²) < 4.78 is 39.3. The topological polar surface area (TPSA) is 17.8 Å². The lowest BCUT2D eigenvalue weighted by molar-refractivity contribution is 0.454. The summed E-state index contributed by atoms with van der Waals surface area (Å²) in [6.45, 7) is 1.77. The van der Waals surface area contributed by atoms with Crippen LogP contribution in [-0.2, 0) is 0 Å². The average molecular weight is 212 g/mol. The van der Waals surface area contributed by atoms with Crippen molar-refractivity contribution >= 4 is 0 Å². The van der Waals surface area contributed by atoms with E-state index in [-0.39, 0.29) is 5.69 Å². The molecule has 2 rings (SSSR count). The fourth-order valence-electron chi connectivity index (χ4n) is 1.34. The van der Waals surface area contributed by atoms with Crippen molar-refractivity contribution in [3.05, 3.63) is 47.8 Å². The van der Waals surface area contributed by atoms with Gasteiger partial charge in [0.25, 0.3) is 18.0 Å². The lowest BCUT2D eigenvalue weighted by atomic mass is 10.2. The van der Waals surface area contributed by atoms with Crippen molar-refractivity contribution in [2.45, 2.75) is 6.92 Å². The molecular weight excluding hydrogens is 205 g/mol. The Hall–Kier alpha value is -1.78. The van der Waals surface area contributed by atoms with Crippen molar-refractivity contribution in [1.82, 2.24) is 9.55 Å². The van der Waals surface area contributed by atoms with E-state index in [2.05, 4.69) is 4.98 Å². The molecule has 0 bridgehead atoms. The summed E-state index contributed by atoms with van der Waals surface area (Å²) in [5.74, 6) is -2.76. The number of rotatable bonds is 1. The van der Waals surface area contributed by atoms with E-state index in [0.717, 1.165) is 5.56 Å². The van der Waals surface area contributed by atoms with Crippen molar-refractivity contribution in [2.75, 3.05) is 0 Å². The smallest absolute Gasteiger partial charge is 0.242 e. The predicted molar refractivity (Wildman–Crippen MR) is 48.2 cm³/mol. The summed E-state index contributed by atoms with van der Waals surface area (Å²) >= 11 is 0. The van der Waals surface area contributed by atoms with E-state index < -0.39 is 18.0 Å². The molecule has 0 radical (unpaired) electrons. The molecule has 0 atom stereocenters. The number of hydrogen-bond donors (Lipinski definition) is 0. The highest BCUT2D eigenvalue weighted by atomic mass is 19.2. The molecular formula is C10H7F3N2. The highest BCUT2D eigenvalue weighted by molar-refractivity contribution is 5.35. The van der Waals surface area contributed by atoms with Crippen LogP contribution in [0.1, 0.15) is 5.56 Å². The van der Waals surface area contributed by atoms with Crippen LogP contribution < -0.4 is 0 Å². The molecule has 15 heavy (non-hydrogen) atoms. The molecule has 1 aromatic heterocycles. The van der Waals surface area contributed by atoms with Gasteiger partial charge in [0.15, 0.2) is 0 Å². The Morgan fingerprint density at radius 2 is 1.93 bits per heavy atom. The molecule has 0 aliphatic rings. The maximum absolute atomic E-state index is 13.1. The lowest BCUT2D eigenvalue weighted by Gasteiger charge is -2.03. The quantitative estimate of drug-likeness (QED) is 0.710. The van der Waals surface area contributed by atoms with Crippen LogP contribution in [0.3, 0.4) is 0 Å². The maximum Gasteiger partial charge on any atom is 0.298 e. The zero-order valence-electron chi connectivity index (χ0n) is 7.84. The summed E-state index contributed by atoms with van der Waals surface area (Å²) in [5.41, 5.74) is 1.03. The summed E-state index contributed by atoms with van der Waals surface area (Å²) in [6.07, 6.45) is -1.20. The van der Waals surface area contributed by atoms with Crippen molar-refractivity contribution in [2.24, 2.45) is 0 Å². The second-order valence-electron chi connectivity index (χ2n) is 3.14. The van der Waals surface area contributed by atoms with E-state index in [4.69, 9.17) is 0 Å². The van der Waals surface area contributed by atoms with Crippen molar-refractivity contribution in [1.29, 1.82) is 0 Å². The fourth-order valence-corrected chi connectivity index (χ4v) is 1.34. The molecule has 1 heterocycles. The van der Waals surface area contributed by atoms with E-state index in [1.54, 1.807) is 19.1 Å². The van der Waals surface area contributed by atoms with Gasteiger partial charge in [-0.05, 0) is 24.6 Å². The van der Waals surface area contributed by atoms with Gasteiger partial charge in [-0.25, -0.2) is 4.57 Å². The van der Waals surface area contributed by atoms with Crippen LogP contribution in [0.25, 0.3) is 5.69 Å². The molecule has 2 aromatic rings. The van der Waals surface area contributed by atoms with Crippen LogP contribution in [0.15, 0.2) is 24.3 Å². The highest BCUT2D eigenvalue weighted by Crippen LogP contribution is 2.16. The molecule has 0 unspecified atom stereocenters. The molecule has 0 aliphatic heterocycles.